The first-order chi connectivity index (χ1) is 10.2. The van der Waals surface area contributed by atoms with E-state index in [-0.39, 0.29) is 11.9 Å². The van der Waals surface area contributed by atoms with Gasteiger partial charge >= 0.3 is 0 Å². The molecule has 4 nitrogen and oxygen atoms in total. The molecular weight excluding hydrogens is 262 g/mol. The molecule has 0 radical (unpaired) electrons. The quantitative estimate of drug-likeness (QED) is 0.806. The Kier molecular flexibility index (Phi) is 6.21. The predicted octanol–water partition coefficient (Wildman–Crippen LogP) is 1.89. The standard InChI is InChI=1S/C17H27N3O/c1-2-7-16(18)17(21)19-12-15-10-6-11-20(15)13-14-8-4-3-5-9-14/h3-5,8-9,15-16H,2,6-7,10-13,18H2,1H3,(H,19,21). The van der Waals surface area contributed by atoms with Crippen LogP contribution in [0.2, 0.25) is 0 Å². The van der Waals surface area contributed by atoms with Crippen molar-refractivity contribution in [3.63, 3.8) is 0 Å². The van der Waals surface area contributed by atoms with E-state index in [4.69, 9.17) is 5.73 Å². The van der Waals surface area contributed by atoms with Crippen molar-refractivity contribution in [2.75, 3.05) is 13.1 Å². The van der Waals surface area contributed by atoms with Crippen molar-refractivity contribution in [3.8, 4) is 0 Å². The normalized spacial score (nSPS) is 20.4. The fourth-order valence-corrected chi connectivity index (χ4v) is 2.94. The summed E-state index contributed by atoms with van der Waals surface area (Å²) in [6.45, 7) is 4.83. The first-order valence-electron chi connectivity index (χ1n) is 8.02. The number of nitrogens with one attached hydrogen (secondary N) is 1. The maximum Gasteiger partial charge on any atom is 0.236 e. The van der Waals surface area contributed by atoms with Crippen LogP contribution in [0.3, 0.4) is 0 Å². The smallest absolute Gasteiger partial charge is 0.236 e. The first kappa shape index (κ1) is 16.0. The van der Waals surface area contributed by atoms with E-state index in [0.717, 1.165) is 32.4 Å². The highest BCUT2D eigenvalue weighted by molar-refractivity contribution is 5.81. The number of benzene rings is 1. The Morgan fingerprint density at radius 3 is 2.90 bits per heavy atom. The lowest BCUT2D eigenvalue weighted by atomic mass is 10.1. The number of amides is 1. The Balaban J connectivity index is 1.81. The third kappa shape index (κ3) is 4.83. The second-order valence-electron chi connectivity index (χ2n) is 5.89. The molecule has 2 atom stereocenters. The van der Waals surface area contributed by atoms with Gasteiger partial charge in [0.1, 0.15) is 0 Å². The van der Waals surface area contributed by atoms with Crippen LogP contribution in [0.25, 0.3) is 0 Å². The highest BCUT2D eigenvalue weighted by Gasteiger charge is 2.25. The van der Waals surface area contributed by atoms with Crippen molar-refractivity contribution >= 4 is 5.91 Å². The summed E-state index contributed by atoms with van der Waals surface area (Å²) < 4.78 is 0. The molecule has 1 aromatic carbocycles. The fourth-order valence-electron chi connectivity index (χ4n) is 2.94. The zero-order valence-corrected chi connectivity index (χ0v) is 12.9. The number of hydrogen-bond donors (Lipinski definition) is 2. The van der Waals surface area contributed by atoms with E-state index in [1.165, 1.54) is 12.0 Å². The van der Waals surface area contributed by atoms with Crippen LogP contribution in [0, 0.1) is 0 Å². The van der Waals surface area contributed by atoms with Crippen molar-refractivity contribution in [1.29, 1.82) is 0 Å². The molecule has 3 N–H and O–H groups in total. The van der Waals surface area contributed by atoms with E-state index in [2.05, 4.69) is 34.5 Å². The Bertz CT molecular complexity index is 435. The zero-order chi connectivity index (χ0) is 15.1. The van der Waals surface area contributed by atoms with Gasteiger partial charge in [-0.05, 0) is 31.4 Å². The third-order valence-corrected chi connectivity index (χ3v) is 4.18. The van der Waals surface area contributed by atoms with Crippen LogP contribution >= 0.6 is 0 Å². The molecule has 0 bridgehead atoms. The van der Waals surface area contributed by atoms with Gasteiger partial charge in [-0.1, -0.05) is 43.7 Å². The second-order valence-corrected chi connectivity index (χ2v) is 5.89. The number of hydrogen-bond acceptors (Lipinski definition) is 3. The minimum atomic E-state index is -0.362. The zero-order valence-electron chi connectivity index (χ0n) is 12.9. The number of carbonyl (C=O) groups is 1. The number of likely N-dealkylation sites (tertiary alicyclic amines) is 1. The SMILES string of the molecule is CCCC(N)C(=O)NCC1CCCN1Cc1ccccc1. The van der Waals surface area contributed by atoms with Gasteiger partial charge in [0.05, 0.1) is 6.04 Å². The molecule has 4 heteroatoms. The van der Waals surface area contributed by atoms with Crippen molar-refractivity contribution in [2.45, 2.75) is 51.2 Å². The molecule has 21 heavy (non-hydrogen) atoms. The minimum absolute atomic E-state index is 0.0107. The average molecular weight is 289 g/mol. The van der Waals surface area contributed by atoms with Crippen LogP contribution in [-0.2, 0) is 11.3 Å². The lowest BCUT2D eigenvalue weighted by molar-refractivity contribution is -0.122. The molecule has 1 amide bonds. The van der Waals surface area contributed by atoms with Gasteiger partial charge in [-0.3, -0.25) is 9.69 Å². The van der Waals surface area contributed by atoms with E-state index >= 15 is 0 Å². The predicted molar refractivity (Wildman–Crippen MR) is 85.8 cm³/mol. The van der Waals surface area contributed by atoms with Crippen LogP contribution in [0.4, 0.5) is 0 Å². The molecule has 116 valence electrons. The molecule has 1 fully saturated rings. The molecule has 2 rings (SSSR count). The van der Waals surface area contributed by atoms with Gasteiger partial charge in [-0.15, -0.1) is 0 Å². The van der Waals surface area contributed by atoms with E-state index in [1.54, 1.807) is 0 Å². The van der Waals surface area contributed by atoms with E-state index in [1.807, 2.05) is 13.0 Å². The lowest BCUT2D eigenvalue weighted by Gasteiger charge is -2.25. The fraction of sp³-hybridized carbons (Fsp3) is 0.588. The van der Waals surface area contributed by atoms with Crippen molar-refractivity contribution < 1.29 is 4.79 Å². The second kappa shape index (κ2) is 8.15. The minimum Gasteiger partial charge on any atom is -0.353 e. The third-order valence-electron chi connectivity index (χ3n) is 4.18. The summed E-state index contributed by atoms with van der Waals surface area (Å²) in [4.78, 5) is 14.4. The Morgan fingerprint density at radius 1 is 1.43 bits per heavy atom. The van der Waals surface area contributed by atoms with E-state index < -0.39 is 0 Å². The van der Waals surface area contributed by atoms with Crippen LogP contribution < -0.4 is 11.1 Å². The number of rotatable bonds is 7. The molecule has 0 saturated carbocycles. The van der Waals surface area contributed by atoms with Crippen LogP contribution in [0.5, 0.6) is 0 Å². The first-order valence-corrected chi connectivity index (χ1v) is 8.02. The Hall–Kier alpha value is -1.39. The Morgan fingerprint density at radius 2 is 2.19 bits per heavy atom. The summed E-state index contributed by atoms with van der Waals surface area (Å²) in [5.41, 5.74) is 7.18. The van der Waals surface area contributed by atoms with Gasteiger partial charge in [0.2, 0.25) is 5.91 Å². The van der Waals surface area contributed by atoms with Gasteiger partial charge in [0, 0.05) is 19.1 Å². The summed E-state index contributed by atoms with van der Waals surface area (Å²) >= 11 is 0. The van der Waals surface area contributed by atoms with E-state index in [9.17, 15) is 4.79 Å². The van der Waals surface area contributed by atoms with Crippen molar-refractivity contribution in [1.82, 2.24) is 10.2 Å². The molecule has 0 spiro atoms. The van der Waals surface area contributed by atoms with Crippen LogP contribution in [0.1, 0.15) is 38.2 Å². The molecule has 1 aliphatic heterocycles. The summed E-state index contributed by atoms with van der Waals surface area (Å²) in [6, 6.07) is 10.6. The van der Waals surface area contributed by atoms with Crippen LogP contribution in [-0.4, -0.2) is 36.0 Å². The Labute approximate surface area is 127 Å². The molecule has 2 unspecified atom stereocenters. The van der Waals surface area contributed by atoms with Crippen molar-refractivity contribution in [3.05, 3.63) is 35.9 Å². The van der Waals surface area contributed by atoms with Gasteiger partial charge in [0.25, 0.3) is 0 Å². The molecule has 1 heterocycles. The van der Waals surface area contributed by atoms with Gasteiger partial charge in [-0.25, -0.2) is 0 Å². The van der Waals surface area contributed by atoms with Gasteiger partial charge in [-0.2, -0.15) is 0 Å². The molecule has 0 aliphatic carbocycles. The number of nitrogens with two attached hydrogens (primary N) is 1. The maximum atomic E-state index is 11.9. The summed E-state index contributed by atoms with van der Waals surface area (Å²) in [6.07, 6.45) is 4.05. The summed E-state index contributed by atoms with van der Waals surface area (Å²) in [5, 5.41) is 3.02. The number of nitrogens with zero attached hydrogens (tertiary/aromatic N) is 1. The number of carbonyl (C=O) groups excluding carboxylic acids is 1. The average Bonchev–Trinajstić information content (AvgIpc) is 2.93. The van der Waals surface area contributed by atoms with Crippen LogP contribution in [0.15, 0.2) is 30.3 Å². The highest BCUT2D eigenvalue weighted by atomic mass is 16.2. The topological polar surface area (TPSA) is 58.4 Å². The summed E-state index contributed by atoms with van der Waals surface area (Å²) in [7, 11) is 0. The highest BCUT2D eigenvalue weighted by Crippen LogP contribution is 2.19. The molecule has 1 aromatic rings. The van der Waals surface area contributed by atoms with Crippen molar-refractivity contribution in [2.24, 2.45) is 5.73 Å². The maximum absolute atomic E-state index is 11.9. The largest absolute Gasteiger partial charge is 0.353 e. The van der Waals surface area contributed by atoms with Gasteiger partial charge in [0.15, 0.2) is 0 Å². The van der Waals surface area contributed by atoms with E-state index in [0.29, 0.717) is 12.6 Å². The molecule has 1 saturated heterocycles. The molecule has 1 aliphatic rings. The monoisotopic (exact) mass is 289 g/mol. The lowest BCUT2D eigenvalue weighted by Crippen LogP contribution is -2.46. The molecular formula is C17H27N3O. The van der Waals surface area contributed by atoms with Gasteiger partial charge < -0.3 is 11.1 Å². The molecule has 0 aromatic heterocycles. The summed E-state index contributed by atoms with van der Waals surface area (Å²) in [5.74, 6) is -0.0107.